The smallest absolute Gasteiger partial charge is 0.295 e. The van der Waals surface area contributed by atoms with Gasteiger partial charge < -0.3 is 10.5 Å². The number of imidazole rings is 1. The molecule has 0 aliphatic rings. The van der Waals surface area contributed by atoms with Gasteiger partial charge >= 0.3 is 0 Å². The molecule has 0 amide bonds. The van der Waals surface area contributed by atoms with Crippen molar-refractivity contribution in [3.05, 3.63) is 6.20 Å². The maximum absolute atomic E-state index is 5.36. The van der Waals surface area contributed by atoms with Gasteiger partial charge in [-0.15, -0.1) is 0 Å². The Kier molecular flexibility index (Phi) is 1.80. The minimum Gasteiger partial charge on any atom is -0.462 e. The number of anilines is 1. The third-order valence-electron chi connectivity index (χ3n) is 0.919. The third-order valence-corrected chi connectivity index (χ3v) is 0.919. The zero-order valence-corrected chi connectivity index (χ0v) is 6.09. The Bertz CT molecular complexity index is 207. The van der Waals surface area contributed by atoms with Crippen LogP contribution in [0.3, 0.4) is 0 Å². The number of nitrogens with one attached hydrogen (secondary N) is 1. The standard InChI is InChI=1S/C6H11N3O/c1-4(2)10-6-8-3-5(7)9-6/h3-4H,7H2,1-2H3,(H,8,9). The molecule has 0 atom stereocenters. The Morgan fingerprint density at radius 2 is 2.40 bits per heavy atom. The lowest BCUT2D eigenvalue weighted by Gasteiger charge is -2.03. The van der Waals surface area contributed by atoms with E-state index in [-0.39, 0.29) is 6.10 Å². The largest absolute Gasteiger partial charge is 0.462 e. The van der Waals surface area contributed by atoms with E-state index in [0.29, 0.717) is 11.8 Å². The molecule has 3 N–H and O–H groups in total. The van der Waals surface area contributed by atoms with Crippen LogP contribution in [-0.2, 0) is 0 Å². The van der Waals surface area contributed by atoms with Crippen LogP contribution in [0.1, 0.15) is 13.8 Å². The van der Waals surface area contributed by atoms with Crippen LogP contribution in [0.2, 0.25) is 0 Å². The molecule has 0 fully saturated rings. The van der Waals surface area contributed by atoms with Gasteiger partial charge in [-0.25, -0.2) is 4.98 Å². The summed E-state index contributed by atoms with van der Waals surface area (Å²) in [5, 5.41) is 0. The number of ether oxygens (including phenoxy) is 1. The number of aromatic amines is 1. The predicted molar refractivity (Wildman–Crippen MR) is 38.8 cm³/mol. The normalized spacial score (nSPS) is 10.3. The van der Waals surface area contributed by atoms with E-state index >= 15 is 0 Å². The number of aromatic nitrogens is 2. The molecule has 56 valence electrons. The molecule has 1 rings (SSSR count). The number of nitrogens with zero attached hydrogens (tertiary/aromatic N) is 1. The molecule has 0 saturated heterocycles. The van der Waals surface area contributed by atoms with Gasteiger partial charge in [0.15, 0.2) is 0 Å². The summed E-state index contributed by atoms with van der Waals surface area (Å²) in [5.74, 6) is 0.524. The summed E-state index contributed by atoms with van der Waals surface area (Å²) in [6.45, 7) is 3.86. The van der Waals surface area contributed by atoms with Crippen molar-refractivity contribution in [3.63, 3.8) is 0 Å². The van der Waals surface area contributed by atoms with Crippen molar-refractivity contribution in [2.24, 2.45) is 0 Å². The van der Waals surface area contributed by atoms with Gasteiger partial charge in [-0.1, -0.05) is 0 Å². The molecule has 0 unspecified atom stereocenters. The summed E-state index contributed by atoms with van der Waals surface area (Å²) in [6.07, 6.45) is 1.66. The molecule has 0 aliphatic carbocycles. The van der Waals surface area contributed by atoms with E-state index in [9.17, 15) is 0 Å². The average molecular weight is 141 g/mol. The van der Waals surface area contributed by atoms with Crippen molar-refractivity contribution in [2.45, 2.75) is 20.0 Å². The molecule has 0 saturated carbocycles. The lowest BCUT2D eigenvalue weighted by atomic mass is 10.5. The van der Waals surface area contributed by atoms with Crippen molar-refractivity contribution in [3.8, 4) is 6.01 Å². The zero-order chi connectivity index (χ0) is 7.56. The van der Waals surface area contributed by atoms with Crippen molar-refractivity contribution < 1.29 is 4.74 Å². The van der Waals surface area contributed by atoms with Crippen molar-refractivity contribution >= 4 is 5.82 Å². The fourth-order valence-electron chi connectivity index (χ4n) is 0.599. The molecule has 4 heteroatoms. The van der Waals surface area contributed by atoms with E-state index in [1.807, 2.05) is 13.8 Å². The highest BCUT2D eigenvalue weighted by atomic mass is 16.5. The third kappa shape index (κ3) is 1.65. The van der Waals surface area contributed by atoms with Crippen LogP contribution in [0.15, 0.2) is 6.20 Å². The van der Waals surface area contributed by atoms with E-state index < -0.39 is 0 Å². The lowest BCUT2D eigenvalue weighted by molar-refractivity contribution is 0.224. The van der Waals surface area contributed by atoms with Crippen LogP contribution in [0, 0.1) is 0 Å². The van der Waals surface area contributed by atoms with E-state index in [1.54, 1.807) is 0 Å². The lowest BCUT2D eigenvalue weighted by Crippen LogP contribution is -2.06. The van der Waals surface area contributed by atoms with Gasteiger partial charge in [0, 0.05) is 0 Å². The minimum atomic E-state index is 0.130. The molecule has 0 radical (unpaired) electrons. The van der Waals surface area contributed by atoms with Gasteiger partial charge in [0.05, 0.1) is 12.3 Å². The fraction of sp³-hybridized carbons (Fsp3) is 0.500. The second kappa shape index (κ2) is 2.60. The average Bonchev–Trinajstić information content (AvgIpc) is 2.13. The van der Waals surface area contributed by atoms with Crippen LogP contribution in [0.25, 0.3) is 0 Å². The molecular weight excluding hydrogens is 130 g/mol. The van der Waals surface area contributed by atoms with Crippen molar-refractivity contribution in [1.82, 2.24) is 9.97 Å². The Labute approximate surface area is 59.4 Å². The highest BCUT2D eigenvalue weighted by molar-refractivity contribution is 5.26. The van der Waals surface area contributed by atoms with Crippen LogP contribution in [0.5, 0.6) is 6.01 Å². The topological polar surface area (TPSA) is 63.9 Å². The van der Waals surface area contributed by atoms with Crippen LogP contribution in [-0.4, -0.2) is 16.1 Å². The second-order valence-electron chi connectivity index (χ2n) is 2.31. The maximum atomic E-state index is 5.36. The molecule has 1 aromatic heterocycles. The minimum absolute atomic E-state index is 0.130. The number of rotatable bonds is 2. The summed E-state index contributed by atoms with van der Waals surface area (Å²) in [4.78, 5) is 6.60. The molecule has 4 nitrogen and oxygen atoms in total. The van der Waals surface area contributed by atoms with Gasteiger partial charge in [0.25, 0.3) is 6.01 Å². The van der Waals surface area contributed by atoms with E-state index in [0.717, 1.165) is 0 Å². The van der Waals surface area contributed by atoms with E-state index in [2.05, 4.69) is 9.97 Å². The molecule has 1 aromatic rings. The van der Waals surface area contributed by atoms with Crippen molar-refractivity contribution in [1.29, 1.82) is 0 Å². The number of nitrogen functional groups attached to an aromatic ring is 1. The van der Waals surface area contributed by atoms with Crippen LogP contribution < -0.4 is 10.5 Å². The highest BCUT2D eigenvalue weighted by Gasteiger charge is 1.99. The quantitative estimate of drug-likeness (QED) is 0.639. The molecule has 0 aromatic carbocycles. The van der Waals surface area contributed by atoms with Crippen molar-refractivity contribution in [2.75, 3.05) is 5.73 Å². The first-order valence-electron chi connectivity index (χ1n) is 3.15. The number of H-pyrrole nitrogens is 1. The SMILES string of the molecule is CC(C)Oc1ncc(N)[nH]1. The molecule has 1 heterocycles. The second-order valence-corrected chi connectivity index (χ2v) is 2.31. The van der Waals surface area contributed by atoms with Gasteiger partial charge in [0.2, 0.25) is 0 Å². The number of hydrogen-bond donors (Lipinski definition) is 2. The molecule has 0 bridgehead atoms. The summed E-state index contributed by atoms with van der Waals surface area (Å²) in [5.41, 5.74) is 5.36. The van der Waals surface area contributed by atoms with Gasteiger partial charge in [0.1, 0.15) is 5.82 Å². The first-order chi connectivity index (χ1) is 4.68. The predicted octanol–water partition coefficient (Wildman–Crippen LogP) is 0.779. The number of nitrogens with two attached hydrogens (primary N) is 1. The fourth-order valence-corrected chi connectivity index (χ4v) is 0.599. The maximum Gasteiger partial charge on any atom is 0.295 e. The summed E-state index contributed by atoms with van der Waals surface area (Å²) in [7, 11) is 0. The monoisotopic (exact) mass is 141 g/mol. The van der Waals surface area contributed by atoms with E-state index in [1.165, 1.54) is 6.20 Å². The summed E-state index contributed by atoms with van der Waals surface area (Å²) in [6, 6.07) is 0.479. The Hall–Kier alpha value is -1.19. The Morgan fingerprint density at radius 1 is 1.70 bits per heavy atom. The molecule has 0 aliphatic heterocycles. The first-order valence-corrected chi connectivity index (χ1v) is 3.15. The summed E-state index contributed by atoms with van der Waals surface area (Å²) < 4.78 is 5.19. The Morgan fingerprint density at radius 3 is 2.80 bits per heavy atom. The van der Waals surface area contributed by atoms with E-state index in [4.69, 9.17) is 10.5 Å². The van der Waals surface area contributed by atoms with Crippen LogP contribution >= 0.6 is 0 Å². The first kappa shape index (κ1) is 6.92. The zero-order valence-electron chi connectivity index (χ0n) is 6.09. The molecule has 10 heavy (non-hydrogen) atoms. The van der Waals surface area contributed by atoms with Gasteiger partial charge in [-0.2, -0.15) is 0 Å². The van der Waals surface area contributed by atoms with Crippen LogP contribution in [0.4, 0.5) is 5.82 Å². The van der Waals surface area contributed by atoms with Gasteiger partial charge in [-0.05, 0) is 13.8 Å². The molecular formula is C6H11N3O. The summed E-state index contributed by atoms with van der Waals surface area (Å²) >= 11 is 0. The van der Waals surface area contributed by atoms with Gasteiger partial charge in [-0.3, -0.25) is 4.98 Å². The number of hydrogen-bond acceptors (Lipinski definition) is 3. The highest BCUT2D eigenvalue weighted by Crippen LogP contribution is 2.06. The molecule has 0 spiro atoms. The Balaban J connectivity index is 2.58.